The Bertz CT molecular complexity index is 656. The Morgan fingerprint density at radius 3 is 1.77 bits per heavy atom. The Labute approximate surface area is 152 Å². The van der Waals surface area contributed by atoms with Crippen molar-refractivity contribution < 1.29 is 29.0 Å². The molecule has 0 saturated carbocycles. The maximum absolute atomic E-state index is 11.8. The summed E-state index contributed by atoms with van der Waals surface area (Å²) < 4.78 is 10.2. The fraction of sp³-hybridized carbons (Fsp3) is 0.500. The highest BCUT2D eigenvalue weighted by Gasteiger charge is 2.25. The highest BCUT2D eigenvalue weighted by Crippen LogP contribution is 2.19. The minimum absolute atomic E-state index is 0.332. The molecule has 0 spiro atoms. The van der Waals surface area contributed by atoms with Crippen LogP contribution in [0.2, 0.25) is 0 Å². The van der Waals surface area contributed by atoms with Gasteiger partial charge in [0.15, 0.2) is 6.04 Å². The van der Waals surface area contributed by atoms with Gasteiger partial charge in [-0.1, -0.05) is 12.1 Å². The van der Waals surface area contributed by atoms with Gasteiger partial charge in [-0.2, -0.15) is 0 Å². The molecule has 2 amide bonds. The van der Waals surface area contributed by atoms with E-state index < -0.39 is 35.4 Å². The molecule has 1 atom stereocenters. The first kappa shape index (κ1) is 21.3. The first-order chi connectivity index (χ1) is 11.8. The van der Waals surface area contributed by atoms with E-state index in [9.17, 15) is 19.5 Å². The Morgan fingerprint density at radius 2 is 1.35 bits per heavy atom. The summed E-state index contributed by atoms with van der Waals surface area (Å²) in [4.78, 5) is 35.0. The molecule has 0 aliphatic heterocycles. The zero-order valence-corrected chi connectivity index (χ0v) is 15.9. The van der Waals surface area contributed by atoms with Crippen LogP contribution in [0.5, 0.6) is 0 Å². The average molecular weight is 366 g/mol. The molecule has 0 unspecified atom stereocenters. The molecule has 3 N–H and O–H groups in total. The third-order valence-electron chi connectivity index (χ3n) is 2.80. The zero-order valence-electron chi connectivity index (χ0n) is 15.9. The van der Waals surface area contributed by atoms with Crippen molar-refractivity contribution in [2.75, 3.05) is 5.32 Å². The van der Waals surface area contributed by atoms with Crippen LogP contribution in [0.1, 0.15) is 53.1 Å². The number of anilines is 1. The average Bonchev–Trinajstić information content (AvgIpc) is 2.41. The highest BCUT2D eigenvalue weighted by atomic mass is 16.6. The van der Waals surface area contributed by atoms with Crippen LogP contribution in [-0.4, -0.2) is 34.5 Å². The van der Waals surface area contributed by atoms with E-state index in [2.05, 4.69) is 10.6 Å². The Morgan fingerprint density at radius 1 is 0.885 bits per heavy atom. The molecular weight excluding hydrogens is 340 g/mol. The minimum atomic E-state index is -1.28. The van der Waals surface area contributed by atoms with Crippen molar-refractivity contribution in [2.45, 2.75) is 58.8 Å². The Hall–Kier alpha value is -2.77. The zero-order chi connectivity index (χ0) is 20.1. The maximum atomic E-state index is 11.8. The number of hydrogen-bond acceptors (Lipinski definition) is 5. The molecule has 1 aromatic rings. The molecule has 0 aromatic heterocycles. The lowest BCUT2D eigenvalue weighted by molar-refractivity contribution is -0.139. The predicted octanol–water partition coefficient (Wildman–Crippen LogP) is 3.68. The summed E-state index contributed by atoms with van der Waals surface area (Å²) in [5.41, 5.74) is -0.605. The third kappa shape index (κ3) is 7.87. The first-order valence-corrected chi connectivity index (χ1v) is 8.09. The van der Waals surface area contributed by atoms with Gasteiger partial charge in [0.1, 0.15) is 11.2 Å². The number of rotatable bonds is 4. The topological polar surface area (TPSA) is 114 Å². The van der Waals surface area contributed by atoms with Gasteiger partial charge >= 0.3 is 18.2 Å². The van der Waals surface area contributed by atoms with Crippen molar-refractivity contribution >= 4 is 23.8 Å². The van der Waals surface area contributed by atoms with Crippen LogP contribution in [0, 0.1) is 0 Å². The van der Waals surface area contributed by atoms with E-state index >= 15 is 0 Å². The Balaban J connectivity index is 2.81. The molecule has 0 heterocycles. The summed E-state index contributed by atoms with van der Waals surface area (Å²) >= 11 is 0. The van der Waals surface area contributed by atoms with Gasteiger partial charge in [-0.15, -0.1) is 0 Å². The van der Waals surface area contributed by atoms with Gasteiger partial charge in [0.25, 0.3) is 0 Å². The second kappa shape index (κ2) is 8.07. The number of benzene rings is 1. The molecular formula is C18H26N2O6. The van der Waals surface area contributed by atoms with Crippen LogP contribution in [0.4, 0.5) is 15.3 Å². The van der Waals surface area contributed by atoms with Crippen molar-refractivity contribution in [3.8, 4) is 0 Å². The molecule has 0 radical (unpaired) electrons. The summed E-state index contributed by atoms with van der Waals surface area (Å²) in [5.74, 6) is -1.23. The van der Waals surface area contributed by atoms with Crippen molar-refractivity contribution in [3.63, 3.8) is 0 Å². The van der Waals surface area contributed by atoms with Gasteiger partial charge < -0.3 is 19.9 Å². The van der Waals surface area contributed by atoms with Gasteiger partial charge in [0, 0.05) is 5.69 Å². The fourth-order valence-electron chi connectivity index (χ4n) is 1.89. The van der Waals surface area contributed by atoms with Crippen LogP contribution in [0.3, 0.4) is 0 Å². The number of carbonyl (C=O) groups is 3. The van der Waals surface area contributed by atoms with Crippen LogP contribution in [0.25, 0.3) is 0 Å². The second-order valence-corrected chi connectivity index (χ2v) is 7.67. The third-order valence-corrected chi connectivity index (χ3v) is 2.80. The van der Waals surface area contributed by atoms with E-state index in [1.165, 1.54) is 24.3 Å². The fourth-order valence-corrected chi connectivity index (χ4v) is 1.89. The van der Waals surface area contributed by atoms with E-state index in [4.69, 9.17) is 9.47 Å². The number of aliphatic carboxylic acids is 1. The molecule has 144 valence electrons. The number of carboxylic acids is 1. The number of carbonyl (C=O) groups excluding carboxylic acids is 2. The number of ether oxygens (including phenoxy) is 2. The summed E-state index contributed by atoms with van der Waals surface area (Å²) in [5, 5.41) is 14.2. The molecule has 1 aromatic carbocycles. The summed E-state index contributed by atoms with van der Waals surface area (Å²) in [6, 6.07) is 4.74. The number of amides is 2. The van der Waals surface area contributed by atoms with Gasteiger partial charge in [-0.05, 0) is 59.2 Å². The van der Waals surface area contributed by atoms with Gasteiger partial charge in [0.05, 0.1) is 0 Å². The molecule has 8 nitrogen and oxygen atoms in total. The maximum Gasteiger partial charge on any atom is 0.412 e. The number of alkyl carbamates (subject to hydrolysis) is 1. The summed E-state index contributed by atoms with van der Waals surface area (Å²) in [7, 11) is 0. The second-order valence-electron chi connectivity index (χ2n) is 7.67. The van der Waals surface area contributed by atoms with E-state index in [0.29, 0.717) is 11.3 Å². The number of nitrogens with one attached hydrogen (secondary N) is 2. The predicted molar refractivity (Wildman–Crippen MR) is 96.0 cm³/mol. The molecule has 0 fully saturated rings. The SMILES string of the molecule is CC(C)(C)OC(=O)Nc1ccc([C@H](NC(=O)OC(C)(C)C)C(=O)O)cc1. The summed E-state index contributed by atoms with van der Waals surface area (Å²) in [6.45, 7) is 10.3. The monoisotopic (exact) mass is 366 g/mol. The molecule has 0 saturated heterocycles. The highest BCUT2D eigenvalue weighted by molar-refractivity contribution is 5.85. The number of hydrogen-bond donors (Lipinski definition) is 3. The van der Waals surface area contributed by atoms with Crippen molar-refractivity contribution in [3.05, 3.63) is 29.8 Å². The van der Waals surface area contributed by atoms with Gasteiger partial charge in [-0.3, -0.25) is 5.32 Å². The smallest absolute Gasteiger partial charge is 0.412 e. The van der Waals surface area contributed by atoms with Crippen LogP contribution in [-0.2, 0) is 14.3 Å². The van der Waals surface area contributed by atoms with Crippen molar-refractivity contribution in [2.24, 2.45) is 0 Å². The largest absolute Gasteiger partial charge is 0.479 e. The lowest BCUT2D eigenvalue weighted by atomic mass is 10.1. The number of carboxylic acid groups (broad SMARTS) is 1. The Kier molecular flexibility index (Phi) is 6.60. The lowest BCUT2D eigenvalue weighted by Gasteiger charge is -2.22. The van der Waals surface area contributed by atoms with Crippen molar-refractivity contribution in [1.82, 2.24) is 5.32 Å². The molecule has 0 aliphatic carbocycles. The van der Waals surface area contributed by atoms with E-state index in [-0.39, 0.29) is 0 Å². The van der Waals surface area contributed by atoms with Gasteiger partial charge in [0.2, 0.25) is 0 Å². The minimum Gasteiger partial charge on any atom is -0.479 e. The van der Waals surface area contributed by atoms with Crippen LogP contribution in [0.15, 0.2) is 24.3 Å². The standard InChI is InChI=1S/C18H26N2O6/c1-17(2,3)25-15(23)19-12-9-7-11(8-10-12)13(14(21)22)20-16(24)26-18(4,5)6/h7-10,13H,1-6H3,(H,19,23)(H,20,24)(H,21,22)/t13-/m0/s1. The van der Waals surface area contributed by atoms with Crippen molar-refractivity contribution in [1.29, 1.82) is 0 Å². The molecule has 8 heteroatoms. The van der Waals surface area contributed by atoms with E-state index in [0.717, 1.165) is 0 Å². The van der Waals surface area contributed by atoms with Crippen LogP contribution >= 0.6 is 0 Å². The molecule has 1 rings (SSSR count). The quantitative estimate of drug-likeness (QED) is 0.749. The molecule has 26 heavy (non-hydrogen) atoms. The normalized spacial score (nSPS) is 12.7. The summed E-state index contributed by atoms with van der Waals surface area (Å²) in [6.07, 6.45) is -1.45. The molecule has 0 bridgehead atoms. The molecule has 0 aliphatic rings. The first-order valence-electron chi connectivity index (χ1n) is 8.09. The van der Waals surface area contributed by atoms with Crippen LogP contribution < -0.4 is 10.6 Å². The van der Waals surface area contributed by atoms with E-state index in [1.807, 2.05) is 0 Å². The van der Waals surface area contributed by atoms with Gasteiger partial charge in [-0.25, -0.2) is 14.4 Å². The van der Waals surface area contributed by atoms with E-state index in [1.54, 1.807) is 41.5 Å². The lowest BCUT2D eigenvalue weighted by Crippen LogP contribution is -2.38.